The quantitative estimate of drug-likeness (QED) is 0.796. The molecule has 0 radical (unpaired) electrons. The maximum atomic E-state index is 12.6. The molecule has 0 saturated heterocycles. The second-order valence-electron chi connectivity index (χ2n) is 4.28. The molecule has 0 spiro atoms. The highest BCUT2D eigenvalue weighted by Crippen LogP contribution is 2.17. The lowest BCUT2D eigenvalue weighted by Crippen LogP contribution is -2.20. The van der Waals surface area contributed by atoms with Gasteiger partial charge in [-0.05, 0) is 19.1 Å². The number of fused-ring (bicyclic) bond motifs is 1. The highest BCUT2D eigenvalue weighted by Gasteiger charge is 2.20. The van der Waals surface area contributed by atoms with Crippen LogP contribution in [0.5, 0.6) is 0 Å². The molecule has 2 aromatic rings. The fourth-order valence-electron chi connectivity index (χ4n) is 1.73. The van der Waals surface area contributed by atoms with Crippen LogP contribution in [0.15, 0.2) is 36.2 Å². The van der Waals surface area contributed by atoms with E-state index >= 15 is 0 Å². The molecule has 0 amide bonds. The number of carbonyl (C=O) groups excluding carboxylic acids is 1. The standard InChI is InChI=1S/C13H12F3N3O2/c1-8(13(20)21-7-6-9(14)12(15)16)19-11-5-3-2-4-10(11)17-18-19/h2-5,8H,6-7H2,1H3. The zero-order chi connectivity index (χ0) is 15.4. The molecule has 1 unspecified atom stereocenters. The van der Waals surface area contributed by atoms with Gasteiger partial charge in [-0.15, -0.1) is 5.10 Å². The smallest absolute Gasteiger partial charge is 0.330 e. The maximum Gasteiger partial charge on any atom is 0.330 e. The molecular formula is C13H12F3N3O2. The predicted octanol–water partition coefficient (Wildman–Crippen LogP) is 3.00. The van der Waals surface area contributed by atoms with E-state index in [-0.39, 0.29) is 0 Å². The number of ether oxygens (including phenoxy) is 1. The van der Waals surface area contributed by atoms with E-state index in [1.54, 1.807) is 24.3 Å². The van der Waals surface area contributed by atoms with E-state index in [1.807, 2.05) is 0 Å². The first kappa shape index (κ1) is 15.0. The van der Waals surface area contributed by atoms with Crippen LogP contribution in [0.3, 0.4) is 0 Å². The minimum absolute atomic E-state index is 0.459. The number of nitrogens with zero attached hydrogens (tertiary/aromatic N) is 3. The number of halogens is 3. The van der Waals surface area contributed by atoms with Crippen molar-refractivity contribution < 1.29 is 22.7 Å². The average molecular weight is 299 g/mol. The summed E-state index contributed by atoms with van der Waals surface area (Å²) >= 11 is 0. The lowest BCUT2D eigenvalue weighted by molar-refractivity contribution is -0.147. The van der Waals surface area contributed by atoms with Crippen LogP contribution < -0.4 is 0 Å². The molecule has 1 aromatic heterocycles. The predicted molar refractivity (Wildman–Crippen MR) is 68.2 cm³/mol. The molecule has 0 N–H and O–H groups in total. The van der Waals surface area contributed by atoms with Gasteiger partial charge in [0.15, 0.2) is 5.83 Å². The second kappa shape index (κ2) is 6.38. The number of hydrogen-bond acceptors (Lipinski definition) is 4. The van der Waals surface area contributed by atoms with Gasteiger partial charge in [0.2, 0.25) is 0 Å². The molecule has 112 valence electrons. The third kappa shape index (κ3) is 3.39. The summed E-state index contributed by atoms with van der Waals surface area (Å²) in [6.45, 7) is 1.07. The van der Waals surface area contributed by atoms with Crippen molar-refractivity contribution in [2.24, 2.45) is 0 Å². The largest absolute Gasteiger partial charge is 0.464 e. The molecule has 2 rings (SSSR count). The van der Waals surface area contributed by atoms with E-state index in [2.05, 4.69) is 10.3 Å². The van der Waals surface area contributed by atoms with Crippen molar-refractivity contribution in [1.29, 1.82) is 0 Å². The molecule has 1 heterocycles. The summed E-state index contributed by atoms with van der Waals surface area (Å²) in [5, 5.41) is 7.74. The Bertz CT molecular complexity index is 680. The summed E-state index contributed by atoms with van der Waals surface area (Å²) in [7, 11) is 0. The van der Waals surface area contributed by atoms with Gasteiger partial charge in [0.05, 0.1) is 12.1 Å². The van der Waals surface area contributed by atoms with Gasteiger partial charge in [-0.3, -0.25) is 0 Å². The Hall–Kier alpha value is -2.38. The van der Waals surface area contributed by atoms with Gasteiger partial charge >= 0.3 is 12.0 Å². The van der Waals surface area contributed by atoms with Gasteiger partial charge in [0.25, 0.3) is 0 Å². The molecule has 0 bridgehead atoms. The molecule has 0 aliphatic carbocycles. The minimum Gasteiger partial charge on any atom is -0.464 e. The number of benzene rings is 1. The normalized spacial score (nSPS) is 12.2. The van der Waals surface area contributed by atoms with Gasteiger partial charge < -0.3 is 4.74 Å². The summed E-state index contributed by atoms with van der Waals surface area (Å²) in [6.07, 6.45) is -3.06. The Morgan fingerprint density at radius 2 is 2.05 bits per heavy atom. The lowest BCUT2D eigenvalue weighted by Gasteiger charge is -2.11. The number of aromatic nitrogens is 3. The number of carbonyl (C=O) groups is 1. The van der Waals surface area contributed by atoms with Gasteiger partial charge in [0.1, 0.15) is 11.6 Å². The molecule has 1 aromatic carbocycles. The zero-order valence-corrected chi connectivity index (χ0v) is 11.1. The Morgan fingerprint density at radius 1 is 1.33 bits per heavy atom. The minimum atomic E-state index is -2.40. The van der Waals surface area contributed by atoms with Gasteiger partial charge in [-0.25, -0.2) is 13.9 Å². The average Bonchev–Trinajstić information content (AvgIpc) is 2.89. The van der Waals surface area contributed by atoms with Crippen LogP contribution in [-0.2, 0) is 9.53 Å². The van der Waals surface area contributed by atoms with Gasteiger partial charge in [-0.2, -0.15) is 8.78 Å². The SMILES string of the molecule is CC(C(=O)OCCC(F)=C(F)F)n1nnc2ccccc21. The Kier molecular flexibility index (Phi) is 4.56. The van der Waals surface area contributed by atoms with Gasteiger partial charge in [-0.1, -0.05) is 17.3 Å². The van der Waals surface area contributed by atoms with Crippen LogP contribution in [0, 0.1) is 0 Å². The molecule has 0 saturated carbocycles. The number of para-hydroxylation sites is 1. The van der Waals surface area contributed by atoms with Crippen molar-refractivity contribution in [3.05, 3.63) is 36.2 Å². The number of rotatable bonds is 5. The zero-order valence-electron chi connectivity index (χ0n) is 11.1. The molecule has 1 atom stereocenters. The van der Waals surface area contributed by atoms with E-state index in [0.29, 0.717) is 11.0 Å². The molecule has 0 aliphatic rings. The first-order chi connectivity index (χ1) is 10.0. The van der Waals surface area contributed by atoms with Crippen molar-refractivity contribution in [2.45, 2.75) is 19.4 Å². The van der Waals surface area contributed by atoms with Crippen molar-refractivity contribution in [3.63, 3.8) is 0 Å². The Morgan fingerprint density at radius 3 is 2.76 bits per heavy atom. The van der Waals surface area contributed by atoms with E-state index in [4.69, 9.17) is 4.74 Å². The number of hydrogen-bond donors (Lipinski definition) is 0. The first-order valence-electron chi connectivity index (χ1n) is 6.17. The molecule has 0 fully saturated rings. The summed E-state index contributed by atoms with van der Waals surface area (Å²) in [4.78, 5) is 11.8. The van der Waals surface area contributed by atoms with Crippen molar-refractivity contribution in [3.8, 4) is 0 Å². The van der Waals surface area contributed by atoms with Crippen LogP contribution in [-0.4, -0.2) is 27.6 Å². The van der Waals surface area contributed by atoms with Crippen LogP contribution in [0.1, 0.15) is 19.4 Å². The van der Waals surface area contributed by atoms with Crippen molar-refractivity contribution in [1.82, 2.24) is 15.0 Å². The summed E-state index contributed by atoms with van der Waals surface area (Å²) in [5.41, 5.74) is 1.26. The van der Waals surface area contributed by atoms with Crippen LogP contribution in [0.4, 0.5) is 13.2 Å². The summed E-state index contributed by atoms with van der Waals surface area (Å²) in [5.74, 6) is -2.28. The molecule has 0 aliphatic heterocycles. The molecule has 8 heteroatoms. The topological polar surface area (TPSA) is 57.0 Å². The lowest BCUT2D eigenvalue weighted by atomic mass is 10.3. The van der Waals surface area contributed by atoms with Gasteiger partial charge in [0, 0.05) is 6.42 Å². The fraction of sp³-hybridized carbons (Fsp3) is 0.308. The van der Waals surface area contributed by atoms with E-state index in [0.717, 1.165) is 0 Å². The molecule has 5 nitrogen and oxygen atoms in total. The fourth-order valence-corrected chi connectivity index (χ4v) is 1.73. The summed E-state index contributed by atoms with van der Waals surface area (Å²) < 4.78 is 42.4. The third-order valence-corrected chi connectivity index (χ3v) is 2.86. The third-order valence-electron chi connectivity index (χ3n) is 2.86. The molecule has 21 heavy (non-hydrogen) atoms. The van der Waals surface area contributed by atoms with Crippen LogP contribution in [0.2, 0.25) is 0 Å². The highest BCUT2D eigenvalue weighted by atomic mass is 19.3. The monoisotopic (exact) mass is 299 g/mol. The highest BCUT2D eigenvalue weighted by molar-refractivity contribution is 5.79. The van der Waals surface area contributed by atoms with E-state index < -0.39 is 36.9 Å². The van der Waals surface area contributed by atoms with Crippen molar-refractivity contribution >= 4 is 17.0 Å². The van der Waals surface area contributed by atoms with E-state index in [9.17, 15) is 18.0 Å². The maximum absolute atomic E-state index is 12.6. The van der Waals surface area contributed by atoms with Crippen molar-refractivity contribution in [2.75, 3.05) is 6.61 Å². The van der Waals surface area contributed by atoms with Crippen LogP contribution in [0.25, 0.3) is 11.0 Å². The summed E-state index contributed by atoms with van der Waals surface area (Å²) in [6, 6.07) is 6.23. The first-order valence-corrected chi connectivity index (χ1v) is 6.17. The molecular weight excluding hydrogens is 287 g/mol. The Labute approximate surface area is 118 Å². The second-order valence-corrected chi connectivity index (χ2v) is 4.28. The van der Waals surface area contributed by atoms with E-state index in [1.165, 1.54) is 11.6 Å². The van der Waals surface area contributed by atoms with Crippen LogP contribution >= 0.6 is 0 Å². The Balaban J connectivity index is 2.01. The number of esters is 1.